The number of anilines is 1. The van der Waals surface area contributed by atoms with Gasteiger partial charge in [-0.3, -0.25) is 4.79 Å². The Balaban J connectivity index is 2.93. The van der Waals surface area contributed by atoms with Gasteiger partial charge in [-0.05, 0) is 32.4 Å². The van der Waals surface area contributed by atoms with Gasteiger partial charge in [0.1, 0.15) is 5.54 Å². The number of para-hydroxylation sites is 1. The minimum Gasteiger partial charge on any atom is -0.468 e. The molecule has 1 aromatic rings. The van der Waals surface area contributed by atoms with Gasteiger partial charge < -0.3 is 15.4 Å². The lowest BCUT2D eigenvalue weighted by molar-refractivity contribution is -0.146. The van der Waals surface area contributed by atoms with Gasteiger partial charge in [0.05, 0.1) is 7.11 Å². The van der Waals surface area contributed by atoms with Crippen LogP contribution in [0.5, 0.6) is 0 Å². The highest BCUT2D eigenvalue weighted by molar-refractivity contribution is 5.81. The minimum atomic E-state index is -1.01. The van der Waals surface area contributed by atoms with Crippen molar-refractivity contribution < 1.29 is 9.53 Å². The van der Waals surface area contributed by atoms with E-state index < -0.39 is 11.5 Å². The Bertz CT molecular complexity index is 416. The smallest absolute Gasteiger partial charge is 0.327 e. The molecule has 100 valence electrons. The van der Waals surface area contributed by atoms with Crippen LogP contribution < -0.4 is 10.6 Å². The zero-order valence-electron chi connectivity index (χ0n) is 11.6. The fourth-order valence-corrected chi connectivity index (χ4v) is 1.98. The molecule has 1 unspecified atom stereocenters. The molecule has 1 rings (SSSR count). The number of nitrogens with two attached hydrogens (primary N) is 1. The summed E-state index contributed by atoms with van der Waals surface area (Å²) in [4.78, 5) is 13.7. The van der Waals surface area contributed by atoms with Crippen molar-refractivity contribution in [3.8, 4) is 0 Å². The standard InChI is InChI=1S/C14H22N2O2/c1-5-16(10-14(3,15)13(17)18-4)12-9-7-6-8-11(12)2/h6-9H,5,10,15H2,1-4H3. The van der Waals surface area contributed by atoms with Crippen LogP contribution >= 0.6 is 0 Å². The SMILES string of the molecule is CCN(CC(C)(N)C(=O)OC)c1ccccc1C. The van der Waals surface area contributed by atoms with Crippen molar-refractivity contribution in [1.29, 1.82) is 0 Å². The van der Waals surface area contributed by atoms with E-state index in [4.69, 9.17) is 10.5 Å². The molecule has 4 nitrogen and oxygen atoms in total. The van der Waals surface area contributed by atoms with Crippen LogP contribution in [0.3, 0.4) is 0 Å². The maximum absolute atomic E-state index is 11.6. The molecule has 4 heteroatoms. The summed E-state index contributed by atoms with van der Waals surface area (Å²) in [6.45, 7) is 7.00. The van der Waals surface area contributed by atoms with Crippen molar-refractivity contribution >= 4 is 11.7 Å². The third kappa shape index (κ3) is 3.23. The van der Waals surface area contributed by atoms with Crippen LogP contribution in [-0.2, 0) is 9.53 Å². The molecule has 18 heavy (non-hydrogen) atoms. The van der Waals surface area contributed by atoms with Gasteiger partial charge in [0, 0.05) is 18.8 Å². The van der Waals surface area contributed by atoms with E-state index >= 15 is 0 Å². The highest BCUT2D eigenvalue weighted by Gasteiger charge is 2.31. The van der Waals surface area contributed by atoms with Crippen molar-refractivity contribution in [3.05, 3.63) is 29.8 Å². The van der Waals surface area contributed by atoms with E-state index in [9.17, 15) is 4.79 Å². The maximum Gasteiger partial charge on any atom is 0.327 e. The van der Waals surface area contributed by atoms with Crippen LogP contribution in [0, 0.1) is 6.92 Å². The summed E-state index contributed by atoms with van der Waals surface area (Å²) in [5, 5.41) is 0. The highest BCUT2D eigenvalue weighted by Crippen LogP contribution is 2.21. The molecule has 0 saturated carbocycles. The summed E-state index contributed by atoms with van der Waals surface area (Å²) < 4.78 is 4.74. The number of rotatable bonds is 5. The van der Waals surface area contributed by atoms with Gasteiger partial charge in [-0.2, -0.15) is 0 Å². The fraction of sp³-hybridized carbons (Fsp3) is 0.500. The van der Waals surface area contributed by atoms with Crippen molar-refractivity contribution in [3.63, 3.8) is 0 Å². The first-order valence-electron chi connectivity index (χ1n) is 6.10. The first-order valence-corrected chi connectivity index (χ1v) is 6.10. The Morgan fingerprint density at radius 2 is 2.06 bits per heavy atom. The molecule has 0 fully saturated rings. The number of nitrogens with zero attached hydrogens (tertiary/aromatic N) is 1. The van der Waals surface area contributed by atoms with Gasteiger partial charge >= 0.3 is 5.97 Å². The first kappa shape index (κ1) is 14.5. The Kier molecular flexibility index (Phi) is 4.73. The Hall–Kier alpha value is -1.55. The molecule has 1 atom stereocenters. The predicted octanol–water partition coefficient (Wildman–Crippen LogP) is 1.71. The molecule has 0 heterocycles. The lowest BCUT2D eigenvalue weighted by atomic mass is 10.0. The largest absolute Gasteiger partial charge is 0.468 e. The third-order valence-electron chi connectivity index (χ3n) is 3.01. The second-order valence-corrected chi connectivity index (χ2v) is 4.71. The lowest BCUT2D eigenvalue weighted by Gasteiger charge is -2.32. The van der Waals surface area contributed by atoms with Gasteiger partial charge in [0.15, 0.2) is 0 Å². The third-order valence-corrected chi connectivity index (χ3v) is 3.01. The zero-order chi connectivity index (χ0) is 13.8. The first-order chi connectivity index (χ1) is 8.42. The van der Waals surface area contributed by atoms with Crippen LogP contribution in [0.15, 0.2) is 24.3 Å². The van der Waals surface area contributed by atoms with Crippen molar-refractivity contribution in [2.24, 2.45) is 5.73 Å². The summed E-state index contributed by atoms with van der Waals surface area (Å²) in [5.74, 6) is -0.394. The van der Waals surface area contributed by atoms with Gasteiger partial charge in [-0.15, -0.1) is 0 Å². The minimum absolute atomic E-state index is 0.394. The predicted molar refractivity (Wildman–Crippen MR) is 73.7 cm³/mol. The number of esters is 1. The van der Waals surface area contributed by atoms with Crippen LogP contribution in [0.4, 0.5) is 5.69 Å². The van der Waals surface area contributed by atoms with E-state index in [2.05, 4.69) is 4.90 Å². The summed E-state index contributed by atoms with van der Waals surface area (Å²) >= 11 is 0. The van der Waals surface area contributed by atoms with E-state index in [1.165, 1.54) is 12.7 Å². The Morgan fingerprint density at radius 1 is 1.44 bits per heavy atom. The average molecular weight is 250 g/mol. The second kappa shape index (κ2) is 5.87. The van der Waals surface area contributed by atoms with Crippen LogP contribution in [-0.4, -0.2) is 31.7 Å². The van der Waals surface area contributed by atoms with Crippen molar-refractivity contribution in [2.75, 3.05) is 25.1 Å². The van der Waals surface area contributed by atoms with Gasteiger partial charge in [0.2, 0.25) is 0 Å². The van der Waals surface area contributed by atoms with Crippen LogP contribution in [0.25, 0.3) is 0 Å². The van der Waals surface area contributed by atoms with E-state index in [0.717, 1.165) is 12.2 Å². The molecular weight excluding hydrogens is 228 g/mol. The summed E-state index contributed by atoms with van der Waals surface area (Å²) in [6.07, 6.45) is 0. The number of carbonyl (C=O) groups is 1. The molecule has 0 spiro atoms. The molecule has 0 aliphatic heterocycles. The number of ether oxygens (including phenoxy) is 1. The Labute approximate surface area is 109 Å². The number of likely N-dealkylation sites (N-methyl/N-ethyl adjacent to an activating group) is 1. The number of carbonyl (C=O) groups excluding carboxylic acids is 1. The van der Waals surface area contributed by atoms with Crippen molar-refractivity contribution in [1.82, 2.24) is 0 Å². The molecule has 0 bridgehead atoms. The molecule has 2 N–H and O–H groups in total. The summed E-state index contributed by atoms with van der Waals surface area (Å²) in [5.41, 5.74) is 7.28. The monoisotopic (exact) mass is 250 g/mol. The van der Waals surface area contributed by atoms with E-state index in [1.807, 2.05) is 38.1 Å². The van der Waals surface area contributed by atoms with Gasteiger partial charge in [-0.25, -0.2) is 0 Å². The number of hydrogen-bond acceptors (Lipinski definition) is 4. The van der Waals surface area contributed by atoms with Crippen LogP contribution in [0.2, 0.25) is 0 Å². The number of aryl methyl sites for hydroxylation is 1. The fourth-order valence-electron chi connectivity index (χ4n) is 1.98. The molecular formula is C14H22N2O2. The maximum atomic E-state index is 11.6. The number of hydrogen-bond donors (Lipinski definition) is 1. The van der Waals surface area contributed by atoms with E-state index in [1.54, 1.807) is 6.92 Å². The quantitative estimate of drug-likeness (QED) is 0.808. The topological polar surface area (TPSA) is 55.6 Å². The number of methoxy groups -OCH3 is 1. The Morgan fingerprint density at radius 3 is 2.56 bits per heavy atom. The normalized spacial score (nSPS) is 13.8. The molecule has 0 aliphatic carbocycles. The van der Waals surface area contributed by atoms with Crippen LogP contribution in [0.1, 0.15) is 19.4 Å². The van der Waals surface area contributed by atoms with Crippen molar-refractivity contribution in [2.45, 2.75) is 26.3 Å². The molecule has 0 aliphatic rings. The van der Waals surface area contributed by atoms with Gasteiger partial charge in [0.25, 0.3) is 0 Å². The van der Waals surface area contributed by atoms with E-state index in [-0.39, 0.29) is 0 Å². The van der Waals surface area contributed by atoms with E-state index in [0.29, 0.717) is 6.54 Å². The second-order valence-electron chi connectivity index (χ2n) is 4.71. The lowest BCUT2D eigenvalue weighted by Crippen LogP contribution is -2.54. The number of benzene rings is 1. The molecule has 1 aromatic carbocycles. The summed E-state index contributed by atoms with van der Waals surface area (Å²) in [6, 6.07) is 8.06. The highest BCUT2D eigenvalue weighted by atomic mass is 16.5. The molecule has 0 radical (unpaired) electrons. The molecule has 0 saturated heterocycles. The zero-order valence-corrected chi connectivity index (χ0v) is 11.6. The average Bonchev–Trinajstić information content (AvgIpc) is 2.35. The molecule has 0 aromatic heterocycles. The van der Waals surface area contributed by atoms with Gasteiger partial charge in [-0.1, -0.05) is 18.2 Å². The summed E-state index contributed by atoms with van der Waals surface area (Å²) in [7, 11) is 1.36. The molecule has 0 amide bonds.